The van der Waals surface area contributed by atoms with Crippen molar-refractivity contribution < 1.29 is 47.8 Å². The fourth-order valence-electron chi connectivity index (χ4n) is 7.63. The summed E-state index contributed by atoms with van der Waals surface area (Å²) in [6, 6.07) is 6.01. The monoisotopic (exact) mass is 910 g/mol. The molecule has 1 aromatic carbocycles. The number of imide groups is 1. The van der Waals surface area contributed by atoms with Gasteiger partial charge >= 0.3 is 5.97 Å². The van der Waals surface area contributed by atoms with Gasteiger partial charge in [-0.3, -0.25) is 38.5 Å². The predicted octanol–water partition coefficient (Wildman–Crippen LogP) is 3.24. The van der Waals surface area contributed by atoms with Crippen LogP contribution in [0.3, 0.4) is 0 Å². The molecule has 1 aliphatic heterocycles. The quantitative estimate of drug-likeness (QED) is 0.0491. The number of benzene rings is 1. The highest BCUT2D eigenvalue weighted by molar-refractivity contribution is 6.03. The van der Waals surface area contributed by atoms with Gasteiger partial charge in [-0.25, -0.2) is 4.68 Å². The fourth-order valence-corrected chi connectivity index (χ4v) is 7.63. The highest BCUT2D eigenvalue weighted by atomic mass is 16.5. The number of nitrogens with zero attached hydrogens (tertiary/aromatic N) is 4. The zero-order chi connectivity index (χ0) is 47.6. The Morgan fingerprint density at radius 2 is 1.65 bits per heavy atom. The number of nitrogens with two attached hydrogens (primary N) is 1. The summed E-state index contributed by atoms with van der Waals surface area (Å²) in [5.41, 5.74) is 6.56. The first kappa shape index (κ1) is 52.4. The van der Waals surface area contributed by atoms with Crippen LogP contribution in [0.4, 0.5) is 5.69 Å². The summed E-state index contributed by atoms with van der Waals surface area (Å²) in [7, 11) is 0. The molecule has 2 aromatic rings. The summed E-state index contributed by atoms with van der Waals surface area (Å²) in [6.45, 7) is 12.7. The van der Waals surface area contributed by atoms with E-state index in [9.17, 15) is 33.6 Å². The van der Waals surface area contributed by atoms with Gasteiger partial charge in [-0.2, -0.15) is 0 Å². The molecule has 2 atom stereocenters. The van der Waals surface area contributed by atoms with E-state index in [0.29, 0.717) is 82.6 Å². The second-order valence-electron chi connectivity index (χ2n) is 18.4. The molecule has 0 spiro atoms. The van der Waals surface area contributed by atoms with Crippen LogP contribution in [-0.2, 0) is 66.5 Å². The highest BCUT2D eigenvalue weighted by Crippen LogP contribution is 2.31. The van der Waals surface area contributed by atoms with Crippen LogP contribution in [0.1, 0.15) is 123 Å². The van der Waals surface area contributed by atoms with Crippen molar-refractivity contribution >= 4 is 47.1 Å². The third kappa shape index (κ3) is 17.6. The smallest absolute Gasteiger partial charge is 0.305 e. The van der Waals surface area contributed by atoms with Crippen LogP contribution < -0.4 is 27.0 Å². The topological polar surface area (TPSA) is 255 Å². The molecule has 4 rings (SSSR count). The number of unbranched alkanes of at least 4 members (excludes halogenated alkanes) is 1. The molecule has 1 saturated carbocycles. The van der Waals surface area contributed by atoms with Gasteiger partial charge in [-0.1, -0.05) is 31.2 Å². The van der Waals surface area contributed by atoms with Crippen molar-refractivity contribution in [2.24, 2.45) is 23.5 Å². The number of aromatic nitrogens is 3. The molecule has 6 amide bonds. The fraction of sp³-hybridized carbons (Fsp3) is 0.674. The van der Waals surface area contributed by atoms with Crippen molar-refractivity contribution in [1.82, 2.24) is 35.8 Å². The van der Waals surface area contributed by atoms with Gasteiger partial charge in [0.15, 0.2) is 0 Å². The molecule has 2 unspecified atom stereocenters. The predicted molar refractivity (Wildman–Crippen MR) is 240 cm³/mol. The van der Waals surface area contributed by atoms with E-state index in [4.69, 9.17) is 19.9 Å². The lowest BCUT2D eigenvalue weighted by Crippen LogP contribution is -2.45. The molecule has 0 radical (unpaired) electrons. The molecule has 65 heavy (non-hydrogen) atoms. The van der Waals surface area contributed by atoms with Gasteiger partial charge in [0.1, 0.15) is 31.6 Å². The number of rotatable bonds is 27. The second kappa shape index (κ2) is 25.4. The average molecular weight is 910 g/mol. The first-order valence-electron chi connectivity index (χ1n) is 23.0. The van der Waals surface area contributed by atoms with Gasteiger partial charge in [0.2, 0.25) is 35.4 Å². The Hall–Kier alpha value is -5.27. The minimum atomic E-state index is -0.847. The summed E-state index contributed by atoms with van der Waals surface area (Å²) in [4.78, 5) is 88.7. The average Bonchev–Trinajstić information content (AvgIpc) is 3.85. The number of hydrogen-bond acceptors (Lipinski definition) is 13. The number of nitrogens with one attached hydrogen (secondary N) is 4. The lowest BCUT2D eigenvalue weighted by atomic mass is 9.81. The second-order valence-corrected chi connectivity index (χ2v) is 18.4. The lowest BCUT2D eigenvalue weighted by molar-refractivity contribution is -0.144. The minimum absolute atomic E-state index is 0.0291. The molecule has 19 heteroatoms. The first-order valence-corrected chi connectivity index (χ1v) is 23.0. The van der Waals surface area contributed by atoms with E-state index in [0.717, 1.165) is 18.4 Å². The van der Waals surface area contributed by atoms with Crippen molar-refractivity contribution in [2.45, 2.75) is 143 Å². The minimum Gasteiger partial charge on any atom is -0.461 e. The lowest BCUT2D eigenvalue weighted by Gasteiger charge is -2.30. The van der Waals surface area contributed by atoms with Crippen LogP contribution in [0, 0.1) is 17.8 Å². The molecule has 1 aromatic heterocycles. The summed E-state index contributed by atoms with van der Waals surface area (Å²) >= 11 is 0. The summed E-state index contributed by atoms with van der Waals surface area (Å²) in [5.74, 6) is -2.01. The number of carbonyl (C=O) groups is 7. The van der Waals surface area contributed by atoms with Crippen LogP contribution in [0.25, 0.3) is 0 Å². The van der Waals surface area contributed by atoms with Gasteiger partial charge < -0.3 is 41.2 Å². The van der Waals surface area contributed by atoms with E-state index in [1.807, 2.05) is 33.9 Å². The maximum Gasteiger partial charge on any atom is 0.305 e. The van der Waals surface area contributed by atoms with Gasteiger partial charge in [0, 0.05) is 50.1 Å². The van der Waals surface area contributed by atoms with E-state index < -0.39 is 41.5 Å². The molecule has 360 valence electrons. The van der Waals surface area contributed by atoms with E-state index in [1.54, 1.807) is 42.8 Å². The molecule has 19 nitrogen and oxygen atoms in total. The zero-order valence-corrected chi connectivity index (χ0v) is 39.1. The molecular formula is C46H71N9O10. The molecule has 1 saturated heterocycles. The van der Waals surface area contributed by atoms with Crippen LogP contribution in [0.2, 0.25) is 0 Å². The molecular weight excluding hydrogens is 839 g/mol. The number of amides is 6. The van der Waals surface area contributed by atoms with Crippen LogP contribution in [-0.4, -0.2) is 112 Å². The van der Waals surface area contributed by atoms with E-state index in [-0.39, 0.29) is 74.0 Å². The molecule has 6 N–H and O–H groups in total. The maximum atomic E-state index is 13.1. The van der Waals surface area contributed by atoms with Gasteiger partial charge in [-0.05, 0) is 116 Å². The Kier molecular flexibility index (Phi) is 20.5. The molecule has 0 bridgehead atoms. The number of carbonyl (C=O) groups excluding carboxylic acids is 7. The molecule has 2 aliphatic rings. The van der Waals surface area contributed by atoms with Crippen LogP contribution in [0.5, 0.6) is 0 Å². The van der Waals surface area contributed by atoms with Gasteiger partial charge in [0.25, 0.3) is 0 Å². The Balaban J connectivity index is 1.09. The van der Waals surface area contributed by atoms with Crippen LogP contribution in [0.15, 0.2) is 30.5 Å². The van der Waals surface area contributed by atoms with Gasteiger partial charge in [0.05, 0.1) is 23.9 Å². The number of anilines is 1. The summed E-state index contributed by atoms with van der Waals surface area (Å²) < 4.78 is 18.5. The largest absolute Gasteiger partial charge is 0.461 e. The molecule has 2 fully saturated rings. The first-order chi connectivity index (χ1) is 30.9. The van der Waals surface area contributed by atoms with Gasteiger partial charge in [-0.15, -0.1) is 5.10 Å². The van der Waals surface area contributed by atoms with Crippen LogP contribution >= 0.6 is 0 Å². The summed E-state index contributed by atoms with van der Waals surface area (Å²) in [5, 5.41) is 19.9. The third-order valence-corrected chi connectivity index (χ3v) is 12.0. The maximum absolute atomic E-state index is 13.1. The van der Waals surface area contributed by atoms with E-state index >= 15 is 0 Å². The Labute approximate surface area is 382 Å². The third-order valence-electron chi connectivity index (χ3n) is 12.0. The van der Waals surface area contributed by atoms with Crippen molar-refractivity contribution in [2.75, 3.05) is 44.8 Å². The number of likely N-dealkylation sites (tertiary alicyclic amines) is 1. The van der Waals surface area contributed by atoms with Crippen molar-refractivity contribution in [1.29, 1.82) is 0 Å². The number of hydrogen-bond donors (Lipinski definition) is 5. The Bertz CT molecular complexity index is 1910. The summed E-state index contributed by atoms with van der Waals surface area (Å²) in [6.07, 6.45) is 8.19. The number of esters is 1. The van der Waals surface area contributed by atoms with Crippen molar-refractivity contribution in [3.8, 4) is 0 Å². The Morgan fingerprint density at radius 3 is 2.31 bits per heavy atom. The standard InChI is InChI=1S/C46H71N9O10/c1-7-41(59)64-28-33-13-17-35(18-14-33)50-43(61)37(10-8-9-21-47)51-39(57)30-63-29-38(56)48-22-19-46(5,6)65-23-20-45(3,4)55-27-36(52-53-55)25-49-42(60)34-15-11-32(12-16-34)26-54-40(58)24-31(2)44(54)62/h13-14,17-18,27,31-32,34,37H,7-12,15-16,19-26,28-30,47H2,1-6H3,(H,48,56)(H,49,60)(H,50,61)(H,51,57). The highest BCUT2D eigenvalue weighted by Gasteiger charge is 2.38. The number of ether oxygens (including phenoxy) is 3. The molecule has 1 aliphatic carbocycles. The van der Waals surface area contributed by atoms with E-state index in [1.165, 1.54) is 4.90 Å². The molecule has 2 heterocycles. The normalized spacial score (nSPS) is 18.3. The van der Waals surface area contributed by atoms with E-state index in [2.05, 4.69) is 31.6 Å². The van der Waals surface area contributed by atoms with Crippen molar-refractivity contribution in [3.63, 3.8) is 0 Å². The Morgan fingerprint density at radius 1 is 0.938 bits per heavy atom. The van der Waals surface area contributed by atoms with Crippen molar-refractivity contribution in [3.05, 3.63) is 41.7 Å². The zero-order valence-electron chi connectivity index (χ0n) is 39.1. The SMILES string of the molecule is CCC(=O)OCc1ccc(NC(=O)C(CCCCN)NC(=O)COCC(=O)NCCC(C)(C)OCCC(C)(C)n2cc(CNC(=O)C3CCC(CN4C(=O)CC(C)C4=O)CC3)nn2)cc1.